The predicted molar refractivity (Wildman–Crippen MR) is 67.9 cm³/mol. The quantitative estimate of drug-likeness (QED) is 0.847. The van der Waals surface area contributed by atoms with Crippen LogP contribution in [-0.2, 0) is 5.88 Å². The SMILES string of the molecule is COc1cncc(Nc2ccc(CCl)cc2)n1. The fourth-order valence-electron chi connectivity index (χ4n) is 1.33. The average molecular weight is 250 g/mol. The molecule has 0 bridgehead atoms. The van der Waals surface area contributed by atoms with E-state index in [9.17, 15) is 0 Å². The summed E-state index contributed by atoms with van der Waals surface area (Å²) < 4.78 is 5.00. The van der Waals surface area contributed by atoms with Gasteiger partial charge in [-0.15, -0.1) is 11.6 Å². The van der Waals surface area contributed by atoms with Crippen molar-refractivity contribution in [2.24, 2.45) is 0 Å². The normalized spacial score (nSPS) is 10.0. The number of nitrogens with zero attached hydrogens (tertiary/aromatic N) is 2. The van der Waals surface area contributed by atoms with Crippen LogP contribution in [0.15, 0.2) is 36.7 Å². The van der Waals surface area contributed by atoms with E-state index in [0.29, 0.717) is 17.6 Å². The molecule has 0 radical (unpaired) electrons. The van der Waals surface area contributed by atoms with Crippen molar-refractivity contribution in [3.63, 3.8) is 0 Å². The monoisotopic (exact) mass is 249 g/mol. The standard InChI is InChI=1S/C12H12ClN3O/c1-17-12-8-14-7-11(16-12)15-10-4-2-9(6-13)3-5-10/h2-5,7-8H,6H2,1H3,(H,15,16). The number of methoxy groups -OCH3 is 1. The summed E-state index contributed by atoms with van der Waals surface area (Å²) in [6, 6.07) is 7.81. The molecule has 1 heterocycles. The highest BCUT2D eigenvalue weighted by Gasteiger charge is 1.99. The molecule has 0 aliphatic carbocycles. The predicted octanol–water partition coefficient (Wildman–Crippen LogP) is 2.97. The first-order chi connectivity index (χ1) is 8.31. The molecule has 0 unspecified atom stereocenters. The maximum Gasteiger partial charge on any atom is 0.233 e. The molecule has 0 aliphatic rings. The Balaban J connectivity index is 2.13. The molecular weight excluding hydrogens is 238 g/mol. The van der Waals surface area contributed by atoms with Gasteiger partial charge in [0.15, 0.2) is 5.82 Å². The molecule has 0 aliphatic heterocycles. The van der Waals surface area contributed by atoms with Crippen LogP contribution >= 0.6 is 11.6 Å². The topological polar surface area (TPSA) is 47.0 Å². The van der Waals surface area contributed by atoms with Crippen molar-refractivity contribution >= 4 is 23.1 Å². The minimum Gasteiger partial charge on any atom is -0.480 e. The van der Waals surface area contributed by atoms with Crippen molar-refractivity contribution < 1.29 is 4.74 Å². The smallest absolute Gasteiger partial charge is 0.233 e. The molecule has 0 fully saturated rings. The maximum absolute atomic E-state index is 5.72. The van der Waals surface area contributed by atoms with Crippen LogP contribution in [0.1, 0.15) is 5.56 Å². The number of aromatic nitrogens is 2. The lowest BCUT2D eigenvalue weighted by Crippen LogP contribution is -1.96. The summed E-state index contributed by atoms with van der Waals surface area (Å²) in [6.07, 6.45) is 3.19. The Morgan fingerprint density at radius 3 is 2.65 bits per heavy atom. The summed E-state index contributed by atoms with van der Waals surface area (Å²) in [4.78, 5) is 8.22. The summed E-state index contributed by atoms with van der Waals surface area (Å²) in [5.41, 5.74) is 2.01. The molecule has 17 heavy (non-hydrogen) atoms. The fourth-order valence-corrected chi connectivity index (χ4v) is 1.51. The molecule has 1 aromatic carbocycles. The van der Waals surface area contributed by atoms with Gasteiger partial charge in [0.2, 0.25) is 5.88 Å². The zero-order valence-corrected chi connectivity index (χ0v) is 10.1. The van der Waals surface area contributed by atoms with Gasteiger partial charge < -0.3 is 10.1 Å². The summed E-state index contributed by atoms with van der Waals surface area (Å²) >= 11 is 5.72. The molecule has 0 saturated carbocycles. The van der Waals surface area contributed by atoms with Crippen LogP contribution in [0.25, 0.3) is 0 Å². The lowest BCUT2D eigenvalue weighted by Gasteiger charge is -2.06. The second kappa shape index (κ2) is 5.50. The molecule has 1 aromatic heterocycles. The van der Waals surface area contributed by atoms with E-state index in [0.717, 1.165) is 11.3 Å². The van der Waals surface area contributed by atoms with Crippen molar-refractivity contribution in [3.05, 3.63) is 42.2 Å². The van der Waals surface area contributed by atoms with E-state index >= 15 is 0 Å². The van der Waals surface area contributed by atoms with Crippen molar-refractivity contribution in [3.8, 4) is 5.88 Å². The lowest BCUT2D eigenvalue weighted by molar-refractivity contribution is 0.396. The molecule has 0 spiro atoms. The number of rotatable bonds is 4. The van der Waals surface area contributed by atoms with E-state index in [1.807, 2.05) is 24.3 Å². The molecule has 4 nitrogen and oxygen atoms in total. The van der Waals surface area contributed by atoms with Crippen molar-refractivity contribution in [2.75, 3.05) is 12.4 Å². The van der Waals surface area contributed by atoms with E-state index in [1.165, 1.54) is 0 Å². The minimum atomic E-state index is 0.479. The number of ether oxygens (including phenoxy) is 1. The Kier molecular flexibility index (Phi) is 3.77. The van der Waals surface area contributed by atoms with Gasteiger partial charge in [0, 0.05) is 11.6 Å². The van der Waals surface area contributed by atoms with Crippen LogP contribution in [0.2, 0.25) is 0 Å². The molecule has 88 valence electrons. The molecule has 0 saturated heterocycles. The highest BCUT2D eigenvalue weighted by atomic mass is 35.5. The van der Waals surface area contributed by atoms with Crippen LogP contribution in [0.3, 0.4) is 0 Å². The van der Waals surface area contributed by atoms with Crippen molar-refractivity contribution in [1.82, 2.24) is 9.97 Å². The molecule has 2 rings (SSSR count). The molecule has 1 N–H and O–H groups in total. The van der Waals surface area contributed by atoms with Gasteiger partial charge in [0.1, 0.15) is 0 Å². The largest absolute Gasteiger partial charge is 0.480 e. The van der Waals surface area contributed by atoms with E-state index in [2.05, 4.69) is 15.3 Å². The first-order valence-corrected chi connectivity index (χ1v) is 5.63. The second-order valence-corrected chi connectivity index (χ2v) is 3.67. The number of hydrogen-bond acceptors (Lipinski definition) is 4. The molecular formula is C12H12ClN3O. The van der Waals surface area contributed by atoms with E-state index in [-0.39, 0.29) is 0 Å². The van der Waals surface area contributed by atoms with Gasteiger partial charge in [-0.25, -0.2) is 0 Å². The Morgan fingerprint density at radius 1 is 1.24 bits per heavy atom. The summed E-state index contributed by atoms with van der Waals surface area (Å²) in [5.74, 6) is 1.63. The maximum atomic E-state index is 5.72. The summed E-state index contributed by atoms with van der Waals surface area (Å²) in [6.45, 7) is 0. The number of halogens is 1. The Labute approximate surface area is 105 Å². The molecule has 2 aromatic rings. The number of anilines is 2. The van der Waals surface area contributed by atoms with Crippen LogP contribution in [0.4, 0.5) is 11.5 Å². The second-order valence-electron chi connectivity index (χ2n) is 3.40. The Hall–Kier alpha value is -1.81. The summed E-state index contributed by atoms with van der Waals surface area (Å²) in [5, 5.41) is 3.13. The third-order valence-electron chi connectivity index (χ3n) is 2.20. The van der Waals surface area contributed by atoms with Gasteiger partial charge in [-0.2, -0.15) is 4.98 Å². The third-order valence-corrected chi connectivity index (χ3v) is 2.51. The van der Waals surface area contributed by atoms with Crippen LogP contribution in [0.5, 0.6) is 5.88 Å². The number of hydrogen-bond donors (Lipinski definition) is 1. The van der Waals surface area contributed by atoms with E-state index in [1.54, 1.807) is 19.5 Å². The number of nitrogens with one attached hydrogen (secondary N) is 1. The highest BCUT2D eigenvalue weighted by Crippen LogP contribution is 2.17. The van der Waals surface area contributed by atoms with Gasteiger partial charge in [-0.1, -0.05) is 12.1 Å². The van der Waals surface area contributed by atoms with Gasteiger partial charge >= 0.3 is 0 Å². The third kappa shape index (κ3) is 3.07. The van der Waals surface area contributed by atoms with Gasteiger partial charge in [-0.05, 0) is 17.7 Å². The van der Waals surface area contributed by atoms with Gasteiger partial charge in [0.05, 0.1) is 19.5 Å². The summed E-state index contributed by atoms with van der Waals surface area (Å²) in [7, 11) is 1.56. The average Bonchev–Trinajstić information content (AvgIpc) is 2.40. The number of alkyl halides is 1. The zero-order valence-electron chi connectivity index (χ0n) is 9.35. The van der Waals surface area contributed by atoms with Crippen LogP contribution in [-0.4, -0.2) is 17.1 Å². The fraction of sp³-hybridized carbons (Fsp3) is 0.167. The first kappa shape index (κ1) is 11.7. The Bertz CT molecular complexity index is 487. The van der Waals surface area contributed by atoms with Crippen LogP contribution < -0.4 is 10.1 Å². The zero-order chi connectivity index (χ0) is 12.1. The van der Waals surface area contributed by atoms with Crippen molar-refractivity contribution in [1.29, 1.82) is 0 Å². The number of benzene rings is 1. The lowest BCUT2D eigenvalue weighted by atomic mass is 10.2. The highest BCUT2D eigenvalue weighted by molar-refractivity contribution is 6.17. The Morgan fingerprint density at radius 2 is 2.00 bits per heavy atom. The van der Waals surface area contributed by atoms with Crippen molar-refractivity contribution in [2.45, 2.75) is 5.88 Å². The molecule has 0 atom stereocenters. The van der Waals surface area contributed by atoms with E-state index in [4.69, 9.17) is 16.3 Å². The first-order valence-electron chi connectivity index (χ1n) is 5.10. The molecule has 0 amide bonds. The minimum absolute atomic E-state index is 0.479. The van der Waals surface area contributed by atoms with Gasteiger partial charge in [-0.3, -0.25) is 4.98 Å². The van der Waals surface area contributed by atoms with Crippen LogP contribution in [0, 0.1) is 0 Å². The molecule has 5 heteroatoms. The van der Waals surface area contributed by atoms with Gasteiger partial charge in [0.25, 0.3) is 0 Å². The van der Waals surface area contributed by atoms with E-state index < -0.39 is 0 Å².